The molecule has 0 aliphatic rings. The molecule has 0 atom stereocenters. The summed E-state index contributed by atoms with van der Waals surface area (Å²) in [6.45, 7) is 4.14. The van der Waals surface area contributed by atoms with E-state index in [4.69, 9.17) is 16.0 Å². The van der Waals surface area contributed by atoms with Gasteiger partial charge in [-0.2, -0.15) is 0 Å². The van der Waals surface area contributed by atoms with Crippen LogP contribution in [0.1, 0.15) is 38.0 Å². The maximum absolute atomic E-state index is 12.4. The predicted molar refractivity (Wildman–Crippen MR) is 75.5 cm³/mol. The number of para-hydroxylation sites is 1. The van der Waals surface area contributed by atoms with Crippen LogP contribution in [0.5, 0.6) is 0 Å². The molecule has 1 aromatic carbocycles. The van der Waals surface area contributed by atoms with Crippen molar-refractivity contribution in [1.82, 2.24) is 0 Å². The smallest absolute Gasteiger partial charge is 0.196 e. The summed E-state index contributed by atoms with van der Waals surface area (Å²) in [5.74, 6) is 0.796. The molecule has 0 aliphatic carbocycles. The van der Waals surface area contributed by atoms with E-state index in [2.05, 4.69) is 13.8 Å². The van der Waals surface area contributed by atoms with Crippen molar-refractivity contribution in [3.8, 4) is 0 Å². The molecule has 2 nitrogen and oxygen atoms in total. The molecule has 0 bridgehead atoms. The van der Waals surface area contributed by atoms with Gasteiger partial charge >= 0.3 is 0 Å². The van der Waals surface area contributed by atoms with Crippen molar-refractivity contribution in [2.75, 3.05) is 0 Å². The van der Waals surface area contributed by atoms with E-state index in [1.807, 2.05) is 0 Å². The van der Waals surface area contributed by atoms with Gasteiger partial charge in [-0.25, -0.2) is 0 Å². The normalized spacial score (nSPS) is 11.1. The third kappa shape index (κ3) is 2.30. The first-order valence-corrected chi connectivity index (χ1v) is 6.79. The molecule has 0 fully saturated rings. The summed E-state index contributed by atoms with van der Waals surface area (Å²) in [6.07, 6.45) is 3.44. The molecule has 2 rings (SSSR count). The average Bonchev–Trinajstić information content (AvgIpc) is 2.36. The Morgan fingerprint density at radius 3 is 2.56 bits per heavy atom. The third-order valence-electron chi connectivity index (χ3n) is 3.02. The van der Waals surface area contributed by atoms with E-state index in [0.29, 0.717) is 16.0 Å². The molecule has 2 aromatic rings. The van der Waals surface area contributed by atoms with Gasteiger partial charge < -0.3 is 4.42 Å². The van der Waals surface area contributed by atoms with Gasteiger partial charge in [-0.3, -0.25) is 4.79 Å². The Kier molecular flexibility index (Phi) is 4.07. The Labute approximate surface area is 112 Å². The van der Waals surface area contributed by atoms with Gasteiger partial charge in [-0.05, 0) is 25.0 Å². The quantitative estimate of drug-likeness (QED) is 0.822. The molecule has 0 saturated heterocycles. The number of aryl methyl sites for hydroxylation is 1. The topological polar surface area (TPSA) is 30.2 Å². The Balaban J connectivity index is 2.77. The van der Waals surface area contributed by atoms with E-state index in [1.54, 1.807) is 18.2 Å². The van der Waals surface area contributed by atoms with Gasteiger partial charge in [0.2, 0.25) is 0 Å². The number of hydrogen-bond acceptors (Lipinski definition) is 2. The molecule has 18 heavy (non-hydrogen) atoms. The van der Waals surface area contributed by atoms with Crippen LogP contribution in [-0.2, 0) is 12.8 Å². The lowest BCUT2D eigenvalue weighted by Crippen LogP contribution is -2.13. The Hall–Kier alpha value is -1.28. The Morgan fingerprint density at radius 1 is 1.17 bits per heavy atom. The monoisotopic (exact) mass is 264 g/mol. The van der Waals surface area contributed by atoms with Crippen LogP contribution in [-0.4, -0.2) is 0 Å². The second-order valence-electron chi connectivity index (χ2n) is 4.45. The number of halogens is 1. The van der Waals surface area contributed by atoms with E-state index < -0.39 is 0 Å². The van der Waals surface area contributed by atoms with E-state index in [1.165, 1.54) is 0 Å². The van der Waals surface area contributed by atoms with E-state index >= 15 is 0 Å². The zero-order chi connectivity index (χ0) is 13.1. The molecule has 1 heterocycles. The highest BCUT2D eigenvalue weighted by Crippen LogP contribution is 2.24. The van der Waals surface area contributed by atoms with Gasteiger partial charge in [0, 0.05) is 12.0 Å². The lowest BCUT2D eigenvalue weighted by Gasteiger charge is -2.09. The summed E-state index contributed by atoms with van der Waals surface area (Å²) in [5, 5.41) is 1.09. The van der Waals surface area contributed by atoms with E-state index in [9.17, 15) is 4.79 Å². The van der Waals surface area contributed by atoms with Crippen molar-refractivity contribution in [2.24, 2.45) is 0 Å². The van der Waals surface area contributed by atoms with Crippen LogP contribution in [0.2, 0.25) is 5.02 Å². The minimum Gasteiger partial charge on any atom is -0.459 e. The average molecular weight is 265 g/mol. The molecule has 1 aromatic heterocycles. The first kappa shape index (κ1) is 13.2. The molecule has 0 spiro atoms. The highest BCUT2D eigenvalue weighted by atomic mass is 35.5. The predicted octanol–water partition coefficient (Wildman–Crippen LogP) is 4.35. The molecular weight excluding hydrogens is 248 g/mol. The van der Waals surface area contributed by atoms with Crippen molar-refractivity contribution < 1.29 is 4.42 Å². The molecule has 0 N–H and O–H groups in total. The van der Waals surface area contributed by atoms with Crippen LogP contribution in [0, 0.1) is 0 Å². The molecule has 0 aliphatic heterocycles. The first-order chi connectivity index (χ1) is 8.69. The lowest BCUT2D eigenvalue weighted by molar-refractivity contribution is 0.520. The van der Waals surface area contributed by atoms with Gasteiger partial charge in [0.15, 0.2) is 11.0 Å². The fraction of sp³-hybridized carbons (Fsp3) is 0.400. The van der Waals surface area contributed by atoms with Gasteiger partial charge in [-0.15, -0.1) is 0 Å². The zero-order valence-electron chi connectivity index (χ0n) is 10.8. The number of hydrogen-bond donors (Lipinski definition) is 0. The molecule has 0 radical (unpaired) electrons. The van der Waals surface area contributed by atoms with Crippen molar-refractivity contribution in [3.05, 3.63) is 44.8 Å². The van der Waals surface area contributed by atoms with E-state index in [-0.39, 0.29) is 5.43 Å². The van der Waals surface area contributed by atoms with Crippen LogP contribution in [0.15, 0.2) is 27.4 Å². The SMILES string of the molecule is CCCc1oc2c(Cl)cccc2c(=O)c1CCC. The van der Waals surface area contributed by atoms with E-state index in [0.717, 1.165) is 37.0 Å². The lowest BCUT2D eigenvalue weighted by atomic mass is 10.0. The highest BCUT2D eigenvalue weighted by Gasteiger charge is 2.14. The molecule has 96 valence electrons. The Morgan fingerprint density at radius 2 is 1.89 bits per heavy atom. The van der Waals surface area contributed by atoms with Crippen molar-refractivity contribution >= 4 is 22.6 Å². The zero-order valence-corrected chi connectivity index (χ0v) is 11.5. The largest absolute Gasteiger partial charge is 0.459 e. The van der Waals surface area contributed by atoms with Crippen LogP contribution in [0.4, 0.5) is 0 Å². The minimum atomic E-state index is 0.0732. The first-order valence-electron chi connectivity index (χ1n) is 6.42. The van der Waals surface area contributed by atoms with Gasteiger partial charge in [0.1, 0.15) is 5.76 Å². The Bertz CT molecular complexity index is 614. The molecule has 0 saturated carbocycles. The molecule has 0 amide bonds. The molecule has 3 heteroatoms. The molecular formula is C15H17ClO2. The van der Waals surface area contributed by atoms with Gasteiger partial charge in [-0.1, -0.05) is 37.9 Å². The second-order valence-corrected chi connectivity index (χ2v) is 4.86. The number of rotatable bonds is 4. The molecule has 0 unspecified atom stereocenters. The summed E-state index contributed by atoms with van der Waals surface area (Å²) in [5.41, 5.74) is 1.41. The maximum Gasteiger partial charge on any atom is 0.196 e. The third-order valence-corrected chi connectivity index (χ3v) is 3.32. The summed E-state index contributed by atoms with van der Waals surface area (Å²) < 4.78 is 5.87. The minimum absolute atomic E-state index is 0.0732. The maximum atomic E-state index is 12.4. The summed E-state index contributed by atoms with van der Waals surface area (Å²) in [7, 11) is 0. The number of benzene rings is 1. The fourth-order valence-electron chi connectivity index (χ4n) is 2.20. The van der Waals surface area contributed by atoms with Crippen LogP contribution >= 0.6 is 11.6 Å². The van der Waals surface area contributed by atoms with Gasteiger partial charge in [0.25, 0.3) is 0 Å². The summed E-state index contributed by atoms with van der Waals surface area (Å²) >= 11 is 6.10. The second kappa shape index (κ2) is 5.57. The van der Waals surface area contributed by atoms with Crippen LogP contribution < -0.4 is 5.43 Å². The fourth-order valence-corrected chi connectivity index (χ4v) is 2.41. The number of fused-ring (bicyclic) bond motifs is 1. The standard InChI is InChI=1S/C15H17ClO2/c1-3-6-10-13(7-4-2)18-15-11(14(10)17)8-5-9-12(15)16/h5,8-9H,3-4,6-7H2,1-2H3. The highest BCUT2D eigenvalue weighted by molar-refractivity contribution is 6.34. The van der Waals surface area contributed by atoms with Crippen LogP contribution in [0.3, 0.4) is 0 Å². The van der Waals surface area contributed by atoms with Crippen LogP contribution in [0.25, 0.3) is 11.0 Å². The van der Waals surface area contributed by atoms with Crippen molar-refractivity contribution in [2.45, 2.75) is 39.5 Å². The van der Waals surface area contributed by atoms with Crippen molar-refractivity contribution in [1.29, 1.82) is 0 Å². The summed E-state index contributed by atoms with van der Waals surface area (Å²) in [4.78, 5) is 12.4. The van der Waals surface area contributed by atoms with Gasteiger partial charge in [0.05, 0.1) is 10.4 Å². The van der Waals surface area contributed by atoms with Crippen molar-refractivity contribution in [3.63, 3.8) is 0 Å². The summed E-state index contributed by atoms with van der Waals surface area (Å²) in [6, 6.07) is 5.32.